The van der Waals surface area contributed by atoms with Crippen LogP contribution < -0.4 is 10.0 Å². The third-order valence-electron chi connectivity index (χ3n) is 2.71. The van der Waals surface area contributed by atoms with E-state index in [0.29, 0.717) is 17.9 Å². The molecule has 0 saturated carbocycles. The zero-order valence-corrected chi connectivity index (χ0v) is 11.3. The number of anilines is 2. The molecule has 6 heteroatoms. The Hall–Kier alpha value is -2.08. The fourth-order valence-electron chi connectivity index (χ4n) is 1.77. The van der Waals surface area contributed by atoms with Gasteiger partial charge in [-0.3, -0.25) is 9.29 Å². The summed E-state index contributed by atoms with van der Waals surface area (Å²) in [5, 5.41) is 0. The van der Waals surface area contributed by atoms with Crippen LogP contribution in [0.1, 0.15) is 6.92 Å². The van der Waals surface area contributed by atoms with E-state index >= 15 is 0 Å². The molecule has 1 heterocycles. The highest BCUT2D eigenvalue weighted by Gasteiger charge is 2.23. The van der Waals surface area contributed by atoms with Crippen LogP contribution >= 0.6 is 0 Å². The van der Waals surface area contributed by atoms with E-state index in [1.165, 1.54) is 16.4 Å². The van der Waals surface area contributed by atoms with Gasteiger partial charge in [0.2, 0.25) is 0 Å². The molecule has 2 rings (SSSR count). The average molecular weight is 277 g/mol. The Bertz CT molecular complexity index is 639. The Morgan fingerprint density at radius 1 is 1.11 bits per heavy atom. The van der Waals surface area contributed by atoms with Crippen LogP contribution in [0, 0.1) is 0 Å². The van der Waals surface area contributed by atoms with Crippen molar-refractivity contribution in [1.29, 1.82) is 0 Å². The molecule has 0 amide bonds. The number of hydrogen-bond acceptors (Lipinski definition) is 4. The van der Waals surface area contributed by atoms with Crippen LogP contribution in [0.5, 0.6) is 0 Å². The van der Waals surface area contributed by atoms with Crippen molar-refractivity contribution in [3.05, 3.63) is 48.8 Å². The molecule has 0 atom stereocenters. The predicted molar refractivity (Wildman–Crippen MR) is 75.3 cm³/mol. The van der Waals surface area contributed by atoms with E-state index < -0.39 is 10.0 Å². The molecule has 5 nitrogen and oxygen atoms in total. The fraction of sp³-hybridized carbons (Fsp3) is 0.154. The maximum absolute atomic E-state index is 12.5. The standard InChI is InChI=1S/C13H15N3O2S/c1-2-16(12-7-9-15-10-8-12)19(17,18)13-5-3-11(14)4-6-13/h3-10H,2,14H2,1H3. The van der Waals surface area contributed by atoms with Gasteiger partial charge in [-0.1, -0.05) is 0 Å². The first-order chi connectivity index (χ1) is 9.05. The molecule has 0 fully saturated rings. The zero-order valence-electron chi connectivity index (χ0n) is 10.5. The smallest absolute Gasteiger partial charge is 0.264 e. The van der Waals surface area contributed by atoms with Crippen LogP contribution in [0.15, 0.2) is 53.7 Å². The van der Waals surface area contributed by atoms with Gasteiger partial charge in [-0.05, 0) is 43.3 Å². The van der Waals surface area contributed by atoms with Gasteiger partial charge in [0.15, 0.2) is 0 Å². The minimum absolute atomic E-state index is 0.223. The van der Waals surface area contributed by atoms with E-state index in [9.17, 15) is 8.42 Å². The summed E-state index contributed by atoms with van der Waals surface area (Å²) in [6.45, 7) is 2.13. The molecule has 0 aliphatic carbocycles. The van der Waals surface area contributed by atoms with Crippen LogP contribution in [0.4, 0.5) is 11.4 Å². The van der Waals surface area contributed by atoms with Crippen molar-refractivity contribution < 1.29 is 8.42 Å². The Labute approximate surface area is 112 Å². The Kier molecular flexibility index (Phi) is 3.71. The Morgan fingerprint density at radius 2 is 1.68 bits per heavy atom. The Balaban J connectivity index is 2.45. The SMILES string of the molecule is CCN(c1ccncc1)S(=O)(=O)c1ccc(N)cc1. The van der Waals surface area contributed by atoms with Gasteiger partial charge in [0.05, 0.1) is 10.6 Å². The Morgan fingerprint density at radius 3 is 2.21 bits per heavy atom. The van der Waals surface area contributed by atoms with Crippen LogP contribution in [0.25, 0.3) is 0 Å². The molecule has 1 aromatic heterocycles. The van der Waals surface area contributed by atoms with Gasteiger partial charge in [0.25, 0.3) is 10.0 Å². The lowest BCUT2D eigenvalue weighted by atomic mass is 10.3. The van der Waals surface area contributed by atoms with Crippen molar-refractivity contribution in [2.24, 2.45) is 0 Å². The number of benzene rings is 1. The summed E-state index contributed by atoms with van der Waals surface area (Å²) in [7, 11) is -3.57. The summed E-state index contributed by atoms with van der Waals surface area (Å²) in [4.78, 5) is 4.11. The number of aromatic nitrogens is 1. The van der Waals surface area contributed by atoms with E-state index in [1.54, 1.807) is 43.6 Å². The van der Waals surface area contributed by atoms with Crippen LogP contribution in [-0.2, 0) is 10.0 Å². The number of sulfonamides is 1. The van der Waals surface area contributed by atoms with Gasteiger partial charge in [-0.2, -0.15) is 0 Å². The fourth-order valence-corrected chi connectivity index (χ4v) is 3.24. The number of rotatable bonds is 4. The second-order valence-corrected chi connectivity index (χ2v) is 5.81. The number of hydrogen-bond donors (Lipinski definition) is 1. The maximum atomic E-state index is 12.5. The molecule has 0 saturated heterocycles. The molecule has 1 aromatic carbocycles. The largest absolute Gasteiger partial charge is 0.399 e. The topological polar surface area (TPSA) is 76.3 Å². The third kappa shape index (κ3) is 2.68. The van der Waals surface area contributed by atoms with Gasteiger partial charge >= 0.3 is 0 Å². The second kappa shape index (κ2) is 5.27. The van der Waals surface area contributed by atoms with Crippen molar-refractivity contribution >= 4 is 21.4 Å². The minimum Gasteiger partial charge on any atom is -0.399 e. The lowest BCUT2D eigenvalue weighted by molar-refractivity contribution is 0.592. The minimum atomic E-state index is -3.57. The third-order valence-corrected chi connectivity index (χ3v) is 4.62. The number of nitrogens with zero attached hydrogens (tertiary/aromatic N) is 2. The summed E-state index contributed by atoms with van der Waals surface area (Å²) in [5.41, 5.74) is 6.70. The molecule has 0 aliphatic rings. The van der Waals surface area contributed by atoms with Crippen molar-refractivity contribution in [3.63, 3.8) is 0 Å². The molecular formula is C13H15N3O2S. The highest BCUT2D eigenvalue weighted by molar-refractivity contribution is 7.92. The van der Waals surface area contributed by atoms with Gasteiger partial charge in [0.1, 0.15) is 0 Å². The molecule has 0 aliphatic heterocycles. The molecule has 2 aromatic rings. The summed E-state index contributed by atoms with van der Waals surface area (Å²) in [5.74, 6) is 0. The normalized spacial score (nSPS) is 11.2. The molecular weight excluding hydrogens is 262 g/mol. The number of nitrogen functional groups attached to an aromatic ring is 1. The second-order valence-electron chi connectivity index (χ2n) is 3.94. The molecule has 19 heavy (non-hydrogen) atoms. The van der Waals surface area contributed by atoms with Crippen molar-refractivity contribution in [1.82, 2.24) is 4.98 Å². The first-order valence-corrected chi connectivity index (χ1v) is 7.28. The molecule has 0 bridgehead atoms. The van der Waals surface area contributed by atoms with Crippen molar-refractivity contribution in [3.8, 4) is 0 Å². The van der Waals surface area contributed by atoms with E-state index in [-0.39, 0.29) is 4.90 Å². The maximum Gasteiger partial charge on any atom is 0.264 e. The van der Waals surface area contributed by atoms with Gasteiger partial charge < -0.3 is 5.73 Å². The molecule has 0 radical (unpaired) electrons. The van der Waals surface area contributed by atoms with Gasteiger partial charge in [-0.25, -0.2) is 8.42 Å². The summed E-state index contributed by atoms with van der Waals surface area (Å²) in [6, 6.07) is 9.50. The lowest BCUT2D eigenvalue weighted by Crippen LogP contribution is -2.30. The molecule has 2 N–H and O–H groups in total. The molecule has 100 valence electrons. The summed E-state index contributed by atoms with van der Waals surface area (Å²) >= 11 is 0. The number of pyridine rings is 1. The summed E-state index contributed by atoms with van der Waals surface area (Å²) < 4.78 is 26.4. The molecule has 0 spiro atoms. The van der Waals surface area contributed by atoms with Crippen LogP contribution in [0.2, 0.25) is 0 Å². The highest BCUT2D eigenvalue weighted by atomic mass is 32.2. The summed E-state index contributed by atoms with van der Waals surface area (Å²) in [6.07, 6.45) is 3.13. The number of nitrogens with two attached hydrogens (primary N) is 1. The monoisotopic (exact) mass is 277 g/mol. The van der Waals surface area contributed by atoms with Gasteiger partial charge in [0, 0.05) is 24.6 Å². The first-order valence-electron chi connectivity index (χ1n) is 5.84. The van der Waals surface area contributed by atoms with E-state index in [1.807, 2.05) is 0 Å². The van der Waals surface area contributed by atoms with E-state index in [4.69, 9.17) is 5.73 Å². The van der Waals surface area contributed by atoms with Crippen molar-refractivity contribution in [2.45, 2.75) is 11.8 Å². The molecule has 0 unspecified atom stereocenters. The zero-order chi connectivity index (χ0) is 13.9. The van der Waals surface area contributed by atoms with E-state index in [2.05, 4.69) is 4.98 Å². The predicted octanol–water partition coefficient (Wildman–Crippen LogP) is 1.88. The highest BCUT2D eigenvalue weighted by Crippen LogP contribution is 2.23. The van der Waals surface area contributed by atoms with Crippen molar-refractivity contribution in [2.75, 3.05) is 16.6 Å². The van der Waals surface area contributed by atoms with Crippen LogP contribution in [0.3, 0.4) is 0 Å². The van der Waals surface area contributed by atoms with Crippen LogP contribution in [-0.4, -0.2) is 19.9 Å². The quantitative estimate of drug-likeness (QED) is 0.866. The lowest BCUT2D eigenvalue weighted by Gasteiger charge is -2.22. The van der Waals surface area contributed by atoms with E-state index in [0.717, 1.165) is 0 Å². The van der Waals surface area contributed by atoms with Gasteiger partial charge in [-0.15, -0.1) is 0 Å². The average Bonchev–Trinajstić information content (AvgIpc) is 2.41. The first kappa shape index (κ1) is 13.4.